The molecule has 0 bridgehead atoms. The first-order chi connectivity index (χ1) is 10.1. The van der Waals surface area contributed by atoms with Gasteiger partial charge in [-0.3, -0.25) is 0 Å². The molecule has 1 saturated carbocycles. The van der Waals surface area contributed by atoms with Crippen molar-refractivity contribution in [2.75, 3.05) is 39.0 Å². The topological polar surface area (TPSA) is 58.6 Å². The van der Waals surface area contributed by atoms with E-state index in [4.69, 9.17) is 4.74 Å². The van der Waals surface area contributed by atoms with Gasteiger partial charge in [-0.2, -0.15) is 0 Å². The van der Waals surface area contributed by atoms with Crippen LogP contribution in [0.15, 0.2) is 0 Å². The third-order valence-corrected chi connectivity index (χ3v) is 5.84. The molecule has 2 rings (SSSR count). The Labute approximate surface area is 129 Å². The molecule has 6 heteroatoms. The third kappa shape index (κ3) is 6.22. The SMILES string of the molecule is CS(=O)(=O)N1CCCC(CNCCOC2CCCCC2)C1. The van der Waals surface area contributed by atoms with Crippen molar-refractivity contribution in [1.82, 2.24) is 9.62 Å². The van der Waals surface area contributed by atoms with Crippen molar-refractivity contribution in [1.29, 1.82) is 0 Å². The summed E-state index contributed by atoms with van der Waals surface area (Å²) in [6, 6.07) is 0. The molecule has 0 amide bonds. The van der Waals surface area contributed by atoms with Gasteiger partial charge in [-0.15, -0.1) is 0 Å². The van der Waals surface area contributed by atoms with Crippen molar-refractivity contribution >= 4 is 10.0 Å². The molecule has 0 aromatic carbocycles. The number of sulfonamides is 1. The lowest BCUT2D eigenvalue weighted by atomic mass is 9.98. The molecule has 1 heterocycles. The Balaban J connectivity index is 1.56. The molecule has 2 fully saturated rings. The van der Waals surface area contributed by atoms with E-state index in [-0.39, 0.29) is 0 Å². The fraction of sp³-hybridized carbons (Fsp3) is 1.00. The lowest BCUT2D eigenvalue weighted by Crippen LogP contribution is -2.42. The molecule has 1 aliphatic carbocycles. The highest BCUT2D eigenvalue weighted by atomic mass is 32.2. The van der Waals surface area contributed by atoms with Gasteiger partial charge in [0.2, 0.25) is 10.0 Å². The summed E-state index contributed by atoms with van der Waals surface area (Å²) < 4.78 is 30.6. The Morgan fingerprint density at radius 2 is 1.90 bits per heavy atom. The van der Waals surface area contributed by atoms with E-state index in [0.717, 1.165) is 32.5 Å². The van der Waals surface area contributed by atoms with Crippen LogP contribution in [0.5, 0.6) is 0 Å². The van der Waals surface area contributed by atoms with E-state index in [1.807, 2.05) is 0 Å². The molecule has 1 unspecified atom stereocenters. The molecule has 0 aromatic rings. The minimum atomic E-state index is -3.03. The van der Waals surface area contributed by atoms with Gasteiger partial charge < -0.3 is 10.1 Å². The first-order valence-corrected chi connectivity index (χ1v) is 10.2. The van der Waals surface area contributed by atoms with Crippen LogP contribution in [0, 0.1) is 5.92 Å². The van der Waals surface area contributed by atoms with Gasteiger partial charge in [0.25, 0.3) is 0 Å². The van der Waals surface area contributed by atoms with Crippen molar-refractivity contribution in [3.63, 3.8) is 0 Å². The molecule has 2 aliphatic rings. The maximum absolute atomic E-state index is 11.6. The van der Waals surface area contributed by atoms with E-state index in [9.17, 15) is 8.42 Å². The first kappa shape index (κ1) is 17.2. The summed E-state index contributed by atoms with van der Waals surface area (Å²) in [6.45, 7) is 3.87. The summed E-state index contributed by atoms with van der Waals surface area (Å²) in [5.41, 5.74) is 0. The summed E-state index contributed by atoms with van der Waals surface area (Å²) in [7, 11) is -3.03. The second-order valence-electron chi connectivity index (χ2n) is 6.46. The number of nitrogens with zero attached hydrogens (tertiary/aromatic N) is 1. The molecule has 1 saturated heterocycles. The maximum atomic E-state index is 11.6. The molecule has 0 spiro atoms. The normalized spacial score (nSPS) is 26.0. The fourth-order valence-corrected chi connectivity index (χ4v) is 4.27. The highest BCUT2D eigenvalue weighted by Gasteiger charge is 2.25. The second-order valence-corrected chi connectivity index (χ2v) is 8.45. The lowest BCUT2D eigenvalue weighted by Gasteiger charge is -2.31. The van der Waals surface area contributed by atoms with Crippen LogP contribution < -0.4 is 5.32 Å². The van der Waals surface area contributed by atoms with E-state index in [1.165, 1.54) is 38.4 Å². The standard InChI is InChI=1S/C15H30N2O3S/c1-21(18,19)17-10-5-6-14(13-17)12-16-9-11-20-15-7-3-2-4-8-15/h14-16H,2-13H2,1H3. The van der Waals surface area contributed by atoms with E-state index in [0.29, 0.717) is 25.1 Å². The van der Waals surface area contributed by atoms with E-state index >= 15 is 0 Å². The Morgan fingerprint density at radius 1 is 1.14 bits per heavy atom. The van der Waals surface area contributed by atoms with Gasteiger partial charge in [0.15, 0.2) is 0 Å². The molecule has 0 aromatic heterocycles. The molecule has 1 N–H and O–H groups in total. The zero-order chi connectivity index (χ0) is 15.1. The zero-order valence-corrected chi connectivity index (χ0v) is 14.0. The van der Waals surface area contributed by atoms with Crippen LogP contribution in [-0.4, -0.2) is 57.9 Å². The predicted octanol–water partition coefficient (Wildman–Crippen LogP) is 1.60. The van der Waals surface area contributed by atoms with Gasteiger partial charge >= 0.3 is 0 Å². The molecular formula is C15H30N2O3S. The summed E-state index contributed by atoms with van der Waals surface area (Å²) in [6.07, 6.45) is 10.3. The lowest BCUT2D eigenvalue weighted by molar-refractivity contribution is 0.0298. The predicted molar refractivity (Wildman–Crippen MR) is 84.8 cm³/mol. The van der Waals surface area contributed by atoms with E-state index < -0.39 is 10.0 Å². The highest BCUT2D eigenvalue weighted by molar-refractivity contribution is 7.88. The number of nitrogens with one attached hydrogen (secondary N) is 1. The number of hydrogen-bond donors (Lipinski definition) is 1. The van der Waals surface area contributed by atoms with Crippen LogP contribution in [0.1, 0.15) is 44.9 Å². The molecule has 1 atom stereocenters. The van der Waals surface area contributed by atoms with Crippen molar-refractivity contribution in [2.45, 2.75) is 51.0 Å². The average molecular weight is 318 g/mol. The minimum absolute atomic E-state index is 0.433. The summed E-state index contributed by atoms with van der Waals surface area (Å²) in [5.74, 6) is 0.433. The van der Waals surface area contributed by atoms with Crippen molar-refractivity contribution in [3.05, 3.63) is 0 Å². The van der Waals surface area contributed by atoms with Crippen LogP contribution >= 0.6 is 0 Å². The van der Waals surface area contributed by atoms with Crippen LogP contribution in [0.2, 0.25) is 0 Å². The van der Waals surface area contributed by atoms with Gasteiger partial charge in [-0.05, 0) is 38.1 Å². The number of piperidine rings is 1. The smallest absolute Gasteiger partial charge is 0.211 e. The summed E-state index contributed by atoms with van der Waals surface area (Å²) >= 11 is 0. The second kappa shape index (κ2) is 8.46. The first-order valence-electron chi connectivity index (χ1n) is 8.33. The van der Waals surface area contributed by atoms with Crippen LogP contribution in [0.25, 0.3) is 0 Å². The third-order valence-electron chi connectivity index (χ3n) is 4.57. The molecule has 124 valence electrons. The molecule has 0 radical (unpaired) electrons. The van der Waals surface area contributed by atoms with Gasteiger partial charge in [-0.1, -0.05) is 19.3 Å². The van der Waals surface area contributed by atoms with E-state index in [1.54, 1.807) is 4.31 Å². The Hall–Kier alpha value is -0.170. The maximum Gasteiger partial charge on any atom is 0.211 e. The van der Waals surface area contributed by atoms with Gasteiger partial charge in [0, 0.05) is 19.6 Å². The van der Waals surface area contributed by atoms with Crippen LogP contribution in [-0.2, 0) is 14.8 Å². The fourth-order valence-electron chi connectivity index (χ4n) is 3.33. The average Bonchev–Trinajstić information content (AvgIpc) is 2.47. The Kier molecular flexibility index (Phi) is 6.92. The zero-order valence-electron chi connectivity index (χ0n) is 13.2. The van der Waals surface area contributed by atoms with Gasteiger partial charge in [0.1, 0.15) is 0 Å². The minimum Gasteiger partial charge on any atom is -0.377 e. The Bertz CT molecular complexity index is 394. The number of ether oxygens (including phenoxy) is 1. The monoisotopic (exact) mass is 318 g/mol. The summed E-state index contributed by atoms with van der Waals surface area (Å²) in [4.78, 5) is 0. The molecular weight excluding hydrogens is 288 g/mol. The molecule has 5 nitrogen and oxygen atoms in total. The quantitative estimate of drug-likeness (QED) is 0.724. The molecule has 1 aliphatic heterocycles. The Morgan fingerprint density at radius 3 is 2.62 bits per heavy atom. The van der Waals surface area contributed by atoms with Gasteiger partial charge in [-0.25, -0.2) is 12.7 Å². The highest BCUT2D eigenvalue weighted by Crippen LogP contribution is 2.20. The molecule has 21 heavy (non-hydrogen) atoms. The van der Waals surface area contributed by atoms with Crippen molar-refractivity contribution in [2.24, 2.45) is 5.92 Å². The van der Waals surface area contributed by atoms with Crippen molar-refractivity contribution < 1.29 is 13.2 Å². The van der Waals surface area contributed by atoms with Crippen LogP contribution in [0.4, 0.5) is 0 Å². The number of hydrogen-bond acceptors (Lipinski definition) is 4. The van der Waals surface area contributed by atoms with Gasteiger partial charge in [0.05, 0.1) is 19.0 Å². The largest absolute Gasteiger partial charge is 0.377 e. The van der Waals surface area contributed by atoms with E-state index in [2.05, 4.69) is 5.32 Å². The van der Waals surface area contributed by atoms with Crippen molar-refractivity contribution in [3.8, 4) is 0 Å². The number of rotatable bonds is 7. The summed E-state index contributed by atoms with van der Waals surface area (Å²) in [5, 5.41) is 3.42. The van der Waals surface area contributed by atoms with Crippen LogP contribution in [0.3, 0.4) is 0 Å².